The molecule has 2 aromatic carbocycles. The molecule has 51 heavy (non-hydrogen) atoms. The highest BCUT2D eigenvalue weighted by molar-refractivity contribution is 5.95. The zero-order valence-corrected chi connectivity index (χ0v) is 30.8. The van der Waals surface area contributed by atoms with Crippen molar-refractivity contribution in [3.8, 4) is 28.1 Å². The number of ether oxygens (including phenoxy) is 2. The third-order valence-electron chi connectivity index (χ3n) is 9.28. The summed E-state index contributed by atoms with van der Waals surface area (Å²) in [4.78, 5) is 53.8. The fourth-order valence-electron chi connectivity index (χ4n) is 6.90. The molecule has 3 unspecified atom stereocenters. The lowest BCUT2D eigenvalue weighted by molar-refractivity contribution is -0.134. The summed E-state index contributed by atoms with van der Waals surface area (Å²) in [6.07, 6.45) is 3.49. The molecule has 3 atom stereocenters. The van der Waals surface area contributed by atoms with Crippen LogP contribution in [0, 0.1) is 11.3 Å². The van der Waals surface area contributed by atoms with E-state index in [1.807, 2.05) is 39.0 Å². The topological polar surface area (TPSA) is 140 Å². The molecular formula is C40H50N4O7. The second kappa shape index (κ2) is 16.8. The smallest absolute Gasteiger partial charge is 0.293 e. The van der Waals surface area contributed by atoms with Crippen LogP contribution in [-0.2, 0) is 48.0 Å². The molecule has 4 rings (SSSR count). The average Bonchev–Trinajstić information content (AvgIpc) is 3.40. The van der Waals surface area contributed by atoms with Gasteiger partial charge >= 0.3 is 0 Å². The molecule has 0 aliphatic rings. The Kier molecular flexibility index (Phi) is 12.8. The summed E-state index contributed by atoms with van der Waals surface area (Å²) in [5.41, 5.74) is 6.68. The predicted octanol–water partition coefficient (Wildman–Crippen LogP) is 5.88. The van der Waals surface area contributed by atoms with Gasteiger partial charge in [-0.25, -0.2) is 0 Å². The van der Waals surface area contributed by atoms with Crippen LogP contribution in [0.15, 0.2) is 54.7 Å². The molecule has 0 aliphatic heterocycles. The highest BCUT2D eigenvalue weighted by Crippen LogP contribution is 2.42. The molecule has 11 nitrogen and oxygen atoms in total. The minimum absolute atomic E-state index is 0.0204. The maximum Gasteiger partial charge on any atom is 0.293 e. The van der Waals surface area contributed by atoms with E-state index in [1.54, 1.807) is 25.4 Å². The maximum atomic E-state index is 13.1. The van der Waals surface area contributed by atoms with Crippen LogP contribution < -0.4 is 5.32 Å². The number of carbonyl (C=O) groups is 4. The summed E-state index contributed by atoms with van der Waals surface area (Å²) in [5.74, 6) is -0.574. The van der Waals surface area contributed by atoms with Gasteiger partial charge in [-0.3, -0.25) is 19.4 Å². The van der Waals surface area contributed by atoms with Crippen molar-refractivity contribution in [2.24, 2.45) is 11.3 Å². The first kappa shape index (κ1) is 38.8. The molecule has 2 aromatic heterocycles. The standard InChI is InChI=1S/C40H50N4O7/c1-9-44-35-13-12-28(29-15-27(17-31(48)18-29)16-30(21-45)42-39(49)37(25(2)3)43(7)23-46)19-33(35)34(20-40(5,6)22-51-24-47)38(44)32-11-10-14-41-36(32)26(4)50-8/h10-15,17-19,21,23-26,30,37,48H,9,16,20,22H2,1-8H3,(H,42,49). The normalized spacial score (nSPS) is 13.4. The third-order valence-corrected chi connectivity index (χ3v) is 9.28. The lowest BCUT2D eigenvalue weighted by Gasteiger charge is -2.28. The summed E-state index contributed by atoms with van der Waals surface area (Å²) in [6.45, 7) is 13.2. The molecule has 4 aromatic rings. The summed E-state index contributed by atoms with van der Waals surface area (Å²) in [6, 6.07) is 13.7. The van der Waals surface area contributed by atoms with Gasteiger partial charge in [-0.05, 0) is 91.3 Å². The van der Waals surface area contributed by atoms with Gasteiger partial charge in [0.1, 0.15) is 18.1 Å². The Morgan fingerprint density at radius 1 is 1.08 bits per heavy atom. The van der Waals surface area contributed by atoms with E-state index in [2.05, 4.69) is 48.9 Å². The van der Waals surface area contributed by atoms with Crippen LogP contribution in [0.25, 0.3) is 33.3 Å². The monoisotopic (exact) mass is 698 g/mol. The minimum atomic E-state index is -0.873. The van der Waals surface area contributed by atoms with Gasteiger partial charge in [-0.2, -0.15) is 0 Å². The zero-order valence-electron chi connectivity index (χ0n) is 30.8. The molecule has 0 bridgehead atoms. The number of likely N-dealkylation sites (N-methyl/N-ethyl adjacent to an activating group) is 1. The molecule has 2 amide bonds. The molecule has 272 valence electrons. The number of phenols is 1. The number of aldehydes is 1. The molecule has 0 aliphatic carbocycles. The number of nitrogens with one attached hydrogen (secondary N) is 1. The number of carbonyl (C=O) groups excluding carboxylic acids is 4. The molecule has 0 saturated heterocycles. The number of phenolic OH excluding ortho intramolecular Hbond substituents is 1. The predicted molar refractivity (Wildman–Crippen MR) is 197 cm³/mol. The van der Waals surface area contributed by atoms with E-state index in [0.717, 1.165) is 44.5 Å². The van der Waals surface area contributed by atoms with Gasteiger partial charge in [0.05, 0.1) is 30.1 Å². The number of methoxy groups -OCH3 is 1. The van der Waals surface area contributed by atoms with E-state index < -0.39 is 23.4 Å². The van der Waals surface area contributed by atoms with Crippen molar-refractivity contribution in [2.45, 2.75) is 79.1 Å². The molecule has 2 heterocycles. The van der Waals surface area contributed by atoms with Crippen molar-refractivity contribution in [2.75, 3.05) is 20.8 Å². The quantitative estimate of drug-likeness (QED) is 0.123. The first-order valence-corrected chi connectivity index (χ1v) is 17.2. The van der Waals surface area contributed by atoms with E-state index in [0.29, 0.717) is 37.7 Å². The van der Waals surface area contributed by atoms with Crippen LogP contribution in [0.3, 0.4) is 0 Å². The highest BCUT2D eigenvalue weighted by Gasteiger charge is 2.30. The molecule has 0 fully saturated rings. The summed E-state index contributed by atoms with van der Waals surface area (Å²) in [5, 5.41) is 14.6. The third kappa shape index (κ3) is 8.83. The first-order chi connectivity index (χ1) is 24.3. The van der Waals surface area contributed by atoms with Gasteiger partial charge in [0, 0.05) is 48.8 Å². The number of fused-ring (bicyclic) bond motifs is 1. The number of pyridine rings is 1. The van der Waals surface area contributed by atoms with Gasteiger partial charge in [-0.1, -0.05) is 39.8 Å². The Bertz CT molecular complexity index is 1870. The van der Waals surface area contributed by atoms with Crippen molar-refractivity contribution in [3.63, 3.8) is 0 Å². The van der Waals surface area contributed by atoms with Crippen molar-refractivity contribution in [1.82, 2.24) is 19.8 Å². The Hall–Kier alpha value is -5.03. The van der Waals surface area contributed by atoms with E-state index in [-0.39, 0.29) is 30.8 Å². The second-order valence-corrected chi connectivity index (χ2v) is 14.2. The molecule has 0 radical (unpaired) electrons. The second-order valence-electron chi connectivity index (χ2n) is 14.2. The van der Waals surface area contributed by atoms with Crippen molar-refractivity contribution in [1.29, 1.82) is 0 Å². The molecule has 11 heteroatoms. The molecular weight excluding hydrogens is 648 g/mol. The minimum Gasteiger partial charge on any atom is -0.508 e. The van der Waals surface area contributed by atoms with Gasteiger partial charge in [-0.15, -0.1) is 0 Å². The Balaban J connectivity index is 1.83. The first-order valence-electron chi connectivity index (χ1n) is 17.2. The fraction of sp³-hybridized carbons (Fsp3) is 0.425. The summed E-state index contributed by atoms with van der Waals surface area (Å²) in [7, 11) is 3.19. The van der Waals surface area contributed by atoms with Crippen molar-refractivity contribution >= 4 is 36.0 Å². The lowest BCUT2D eigenvalue weighted by Crippen LogP contribution is -2.51. The molecule has 0 saturated carbocycles. The molecule has 2 N–H and O–H groups in total. The number of aromatic nitrogens is 2. The number of hydrogen-bond donors (Lipinski definition) is 2. The van der Waals surface area contributed by atoms with E-state index in [9.17, 15) is 24.3 Å². The number of hydrogen-bond acceptors (Lipinski definition) is 8. The van der Waals surface area contributed by atoms with E-state index in [4.69, 9.17) is 14.5 Å². The average molecular weight is 699 g/mol. The Labute approximate surface area is 300 Å². The van der Waals surface area contributed by atoms with Crippen molar-refractivity contribution < 1.29 is 33.8 Å². The zero-order chi connectivity index (χ0) is 37.5. The van der Waals surface area contributed by atoms with Gasteiger partial charge in [0.25, 0.3) is 6.47 Å². The van der Waals surface area contributed by atoms with Crippen LogP contribution in [0.1, 0.15) is 64.5 Å². The van der Waals surface area contributed by atoms with Crippen LogP contribution >= 0.6 is 0 Å². The van der Waals surface area contributed by atoms with Gasteiger partial charge in [0.15, 0.2) is 0 Å². The molecule has 0 spiro atoms. The van der Waals surface area contributed by atoms with Gasteiger partial charge < -0.3 is 34.2 Å². The summed E-state index contributed by atoms with van der Waals surface area (Å²) >= 11 is 0. The maximum absolute atomic E-state index is 13.1. The number of benzene rings is 2. The van der Waals surface area contributed by atoms with Gasteiger partial charge in [0.2, 0.25) is 12.3 Å². The Morgan fingerprint density at radius 3 is 2.45 bits per heavy atom. The lowest BCUT2D eigenvalue weighted by atomic mass is 9.84. The SMILES string of the molecule is CCn1c(-c2cccnc2C(C)OC)c(CC(C)(C)COC=O)c2cc(-c3cc(O)cc(CC(C=O)NC(=O)C(C(C)C)N(C)C=O)c3)ccc21. The number of amides is 2. The fourth-order valence-corrected chi connectivity index (χ4v) is 6.90. The van der Waals surface area contributed by atoms with Crippen LogP contribution in [-0.4, -0.2) is 77.5 Å². The highest BCUT2D eigenvalue weighted by atomic mass is 16.5. The Morgan fingerprint density at radius 2 is 1.82 bits per heavy atom. The van der Waals surface area contributed by atoms with E-state index in [1.165, 1.54) is 11.9 Å². The van der Waals surface area contributed by atoms with Crippen LogP contribution in [0.4, 0.5) is 0 Å². The number of nitrogens with zero attached hydrogens (tertiary/aromatic N) is 3. The number of rotatable bonds is 18. The van der Waals surface area contributed by atoms with Crippen LogP contribution in [0.2, 0.25) is 0 Å². The number of aromatic hydroxyl groups is 1. The largest absolute Gasteiger partial charge is 0.508 e. The summed E-state index contributed by atoms with van der Waals surface area (Å²) < 4.78 is 13.2. The van der Waals surface area contributed by atoms with E-state index >= 15 is 0 Å². The van der Waals surface area contributed by atoms with Crippen molar-refractivity contribution in [3.05, 3.63) is 71.5 Å². The number of aryl methyl sites for hydroxylation is 1. The van der Waals surface area contributed by atoms with Crippen LogP contribution in [0.5, 0.6) is 5.75 Å².